The van der Waals surface area contributed by atoms with E-state index in [-0.39, 0.29) is 0 Å². The molecule has 0 amide bonds. The molecule has 4 rings (SSSR count). The third-order valence-electron chi connectivity index (χ3n) is 4.82. The first-order chi connectivity index (χ1) is 14.7. The topological polar surface area (TPSA) is 64.2 Å². The Kier molecular flexibility index (Phi) is 5.49. The SMILES string of the molecule is COC(=O)C#Cc1cccc(Cc2c(-c3ccccc3)[nH]c3cc(OC)ccc23)n1. The number of hydrogen-bond acceptors (Lipinski definition) is 4. The van der Waals surface area contributed by atoms with Crippen molar-refractivity contribution in [3.05, 3.63) is 83.7 Å². The number of carbonyl (C=O) groups excluding carboxylic acids is 1. The van der Waals surface area contributed by atoms with Crippen LogP contribution in [0.1, 0.15) is 17.0 Å². The van der Waals surface area contributed by atoms with Gasteiger partial charge in [0, 0.05) is 35.0 Å². The summed E-state index contributed by atoms with van der Waals surface area (Å²) in [5.41, 5.74) is 5.69. The third kappa shape index (κ3) is 4.03. The van der Waals surface area contributed by atoms with Crippen molar-refractivity contribution >= 4 is 16.9 Å². The fraction of sp³-hybridized carbons (Fsp3) is 0.120. The fourth-order valence-electron chi connectivity index (χ4n) is 3.39. The molecule has 0 spiro atoms. The van der Waals surface area contributed by atoms with Crippen molar-refractivity contribution in [2.45, 2.75) is 6.42 Å². The lowest BCUT2D eigenvalue weighted by molar-refractivity contribution is -0.133. The number of aromatic nitrogens is 2. The molecule has 0 fully saturated rings. The number of rotatable bonds is 4. The highest BCUT2D eigenvalue weighted by molar-refractivity contribution is 5.92. The van der Waals surface area contributed by atoms with Gasteiger partial charge in [0.25, 0.3) is 0 Å². The molecule has 0 aliphatic rings. The van der Waals surface area contributed by atoms with Gasteiger partial charge in [0.2, 0.25) is 0 Å². The van der Waals surface area contributed by atoms with E-state index in [2.05, 4.69) is 44.7 Å². The number of fused-ring (bicyclic) bond motifs is 1. The summed E-state index contributed by atoms with van der Waals surface area (Å²) in [6.07, 6.45) is 0.615. The van der Waals surface area contributed by atoms with Crippen molar-refractivity contribution in [3.63, 3.8) is 0 Å². The minimum absolute atomic E-state index is 0.528. The molecule has 5 heteroatoms. The largest absolute Gasteiger partial charge is 0.497 e. The molecule has 0 aliphatic heterocycles. The lowest BCUT2D eigenvalue weighted by Crippen LogP contribution is -1.97. The lowest BCUT2D eigenvalue weighted by atomic mass is 10.0. The molecule has 0 aliphatic carbocycles. The molecule has 4 aromatic rings. The van der Waals surface area contributed by atoms with E-state index in [1.807, 2.05) is 42.5 Å². The lowest BCUT2D eigenvalue weighted by Gasteiger charge is -2.06. The maximum absolute atomic E-state index is 11.3. The molecule has 0 unspecified atom stereocenters. The summed E-state index contributed by atoms with van der Waals surface area (Å²) in [5, 5.41) is 1.11. The molecule has 2 aromatic carbocycles. The average molecular weight is 396 g/mol. The number of aromatic amines is 1. The molecular formula is C25H20N2O3. The van der Waals surface area contributed by atoms with E-state index in [0.717, 1.165) is 39.2 Å². The van der Waals surface area contributed by atoms with E-state index in [0.29, 0.717) is 12.1 Å². The number of esters is 1. The Morgan fingerprint density at radius 1 is 1.03 bits per heavy atom. The minimum Gasteiger partial charge on any atom is -0.497 e. The van der Waals surface area contributed by atoms with E-state index in [1.54, 1.807) is 13.2 Å². The van der Waals surface area contributed by atoms with Crippen molar-refractivity contribution in [2.24, 2.45) is 0 Å². The molecule has 2 aromatic heterocycles. The molecule has 5 nitrogen and oxygen atoms in total. The number of benzene rings is 2. The maximum atomic E-state index is 11.3. The molecule has 0 atom stereocenters. The van der Waals surface area contributed by atoms with Gasteiger partial charge < -0.3 is 14.5 Å². The number of methoxy groups -OCH3 is 2. The van der Waals surface area contributed by atoms with Crippen LogP contribution in [0, 0.1) is 11.8 Å². The van der Waals surface area contributed by atoms with Gasteiger partial charge in [-0.1, -0.05) is 36.4 Å². The summed E-state index contributed by atoms with van der Waals surface area (Å²) >= 11 is 0. The summed E-state index contributed by atoms with van der Waals surface area (Å²) in [4.78, 5) is 19.4. The van der Waals surface area contributed by atoms with Crippen molar-refractivity contribution in [1.29, 1.82) is 0 Å². The van der Waals surface area contributed by atoms with E-state index in [9.17, 15) is 4.79 Å². The second-order valence-electron chi connectivity index (χ2n) is 6.69. The number of carbonyl (C=O) groups is 1. The number of hydrogen-bond donors (Lipinski definition) is 1. The van der Waals surface area contributed by atoms with Crippen LogP contribution in [-0.2, 0) is 16.0 Å². The highest BCUT2D eigenvalue weighted by Crippen LogP contribution is 2.33. The van der Waals surface area contributed by atoms with Gasteiger partial charge in [-0.3, -0.25) is 0 Å². The summed E-state index contributed by atoms with van der Waals surface area (Å²) in [7, 11) is 2.96. The molecular weight excluding hydrogens is 376 g/mol. The maximum Gasteiger partial charge on any atom is 0.384 e. The second kappa shape index (κ2) is 8.54. The van der Waals surface area contributed by atoms with Crippen LogP contribution in [0.2, 0.25) is 0 Å². The molecule has 0 radical (unpaired) electrons. The molecule has 0 saturated carbocycles. The van der Waals surface area contributed by atoms with Crippen LogP contribution in [0.3, 0.4) is 0 Å². The number of H-pyrrole nitrogens is 1. The van der Waals surface area contributed by atoms with Gasteiger partial charge in [-0.2, -0.15) is 0 Å². The predicted octanol–water partition coefficient (Wildman–Crippen LogP) is 4.35. The first kappa shape index (κ1) is 19.3. The summed E-state index contributed by atoms with van der Waals surface area (Å²) < 4.78 is 9.95. The Balaban J connectivity index is 1.78. The van der Waals surface area contributed by atoms with Crippen LogP contribution in [0.25, 0.3) is 22.2 Å². The second-order valence-corrected chi connectivity index (χ2v) is 6.69. The summed E-state index contributed by atoms with van der Waals surface area (Å²) in [6, 6.07) is 21.8. The van der Waals surface area contributed by atoms with Crippen molar-refractivity contribution in [2.75, 3.05) is 14.2 Å². The van der Waals surface area contributed by atoms with Crippen LogP contribution in [-0.4, -0.2) is 30.2 Å². The van der Waals surface area contributed by atoms with Gasteiger partial charge in [0.15, 0.2) is 0 Å². The highest BCUT2D eigenvalue weighted by atomic mass is 16.5. The van der Waals surface area contributed by atoms with Crippen molar-refractivity contribution < 1.29 is 14.3 Å². The molecule has 148 valence electrons. The molecule has 1 N–H and O–H groups in total. The smallest absolute Gasteiger partial charge is 0.384 e. The van der Waals surface area contributed by atoms with Gasteiger partial charge in [0.1, 0.15) is 11.4 Å². The van der Waals surface area contributed by atoms with E-state index < -0.39 is 5.97 Å². The third-order valence-corrected chi connectivity index (χ3v) is 4.82. The Labute approximate surface area is 174 Å². The van der Waals surface area contributed by atoms with Gasteiger partial charge in [-0.15, -0.1) is 0 Å². The first-order valence-corrected chi connectivity index (χ1v) is 9.48. The Bertz CT molecular complexity index is 1260. The molecule has 0 bridgehead atoms. The van der Waals surface area contributed by atoms with Crippen molar-refractivity contribution in [3.8, 4) is 28.8 Å². The summed E-state index contributed by atoms with van der Waals surface area (Å²) in [6.45, 7) is 0. The van der Waals surface area contributed by atoms with Gasteiger partial charge >= 0.3 is 5.97 Å². The van der Waals surface area contributed by atoms with E-state index in [1.165, 1.54) is 7.11 Å². The fourth-order valence-corrected chi connectivity index (χ4v) is 3.39. The quantitative estimate of drug-likeness (QED) is 0.411. The molecule has 30 heavy (non-hydrogen) atoms. The zero-order chi connectivity index (χ0) is 20.9. The van der Waals surface area contributed by atoms with Crippen LogP contribution < -0.4 is 4.74 Å². The molecule has 0 saturated heterocycles. The standard InChI is InChI=1S/C25H20N2O3/c1-29-20-12-13-21-22(25(27-23(21)16-20)17-7-4-3-5-8-17)15-19-10-6-9-18(26-19)11-14-24(28)30-2/h3-10,12-13,16,27H,15H2,1-2H3. The van der Waals surface area contributed by atoms with E-state index >= 15 is 0 Å². The predicted molar refractivity (Wildman–Crippen MR) is 116 cm³/mol. The van der Waals surface area contributed by atoms with E-state index in [4.69, 9.17) is 4.74 Å². The van der Waals surface area contributed by atoms with Crippen LogP contribution >= 0.6 is 0 Å². The minimum atomic E-state index is -0.584. The first-order valence-electron chi connectivity index (χ1n) is 9.48. The Morgan fingerprint density at radius 2 is 1.87 bits per heavy atom. The normalized spacial score (nSPS) is 10.3. The number of ether oxygens (including phenoxy) is 2. The number of nitrogens with zero attached hydrogens (tertiary/aromatic N) is 1. The van der Waals surface area contributed by atoms with Gasteiger partial charge in [0.05, 0.1) is 19.9 Å². The average Bonchev–Trinajstić information content (AvgIpc) is 3.15. The Morgan fingerprint density at radius 3 is 2.63 bits per heavy atom. The van der Waals surface area contributed by atoms with Gasteiger partial charge in [-0.05, 0) is 41.3 Å². The number of pyridine rings is 1. The van der Waals surface area contributed by atoms with Gasteiger partial charge in [-0.25, -0.2) is 9.78 Å². The zero-order valence-corrected chi connectivity index (χ0v) is 16.7. The number of nitrogens with one attached hydrogen (secondary N) is 1. The van der Waals surface area contributed by atoms with Crippen LogP contribution in [0.4, 0.5) is 0 Å². The highest BCUT2D eigenvalue weighted by Gasteiger charge is 2.15. The monoisotopic (exact) mass is 396 g/mol. The summed E-state index contributed by atoms with van der Waals surface area (Å²) in [5.74, 6) is 5.39. The Hall–Kier alpha value is -4.04. The molecule has 2 heterocycles. The van der Waals surface area contributed by atoms with Crippen LogP contribution in [0.5, 0.6) is 5.75 Å². The van der Waals surface area contributed by atoms with Crippen molar-refractivity contribution in [1.82, 2.24) is 9.97 Å². The zero-order valence-electron chi connectivity index (χ0n) is 16.7. The van der Waals surface area contributed by atoms with Crippen LogP contribution in [0.15, 0.2) is 66.7 Å².